The summed E-state index contributed by atoms with van der Waals surface area (Å²) in [4.78, 5) is 10.6. The van der Waals surface area contributed by atoms with Crippen molar-refractivity contribution in [3.8, 4) is 0 Å². The van der Waals surface area contributed by atoms with E-state index >= 15 is 0 Å². The molecule has 0 aromatic carbocycles. The van der Waals surface area contributed by atoms with Crippen molar-refractivity contribution in [3.05, 3.63) is 12.0 Å². The van der Waals surface area contributed by atoms with Gasteiger partial charge in [0.05, 0.1) is 6.10 Å². The summed E-state index contributed by atoms with van der Waals surface area (Å²) in [5.74, 6) is -0.0475. The lowest BCUT2D eigenvalue weighted by atomic mass is 10.5. The number of carbonyl (C=O) groups is 1. The fourth-order valence-corrected chi connectivity index (χ4v) is 0.398. The highest BCUT2D eigenvalue weighted by Crippen LogP contribution is 2.15. The van der Waals surface area contributed by atoms with Gasteiger partial charge in [-0.2, -0.15) is 0 Å². The Labute approximate surface area is 53.3 Å². The predicted octanol–water partition coefficient (Wildman–Crippen LogP) is 0.810. The molecule has 0 saturated carbocycles. The number of hydrogen-bond acceptors (Lipinski definition) is 3. The van der Waals surface area contributed by atoms with Crippen LogP contribution in [0.25, 0.3) is 0 Å². The van der Waals surface area contributed by atoms with E-state index in [0.29, 0.717) is 5.76 Å². The van der Waals surface area contributed by atoms with Crippen molar-refractivity contribution in [3.63, 3.8) is 0 Å². The van der Waals surface area contributed by atoms with Crippen molar-refractivity contribution >= 4 is 5.97 Å². The molecule has 0 spiro atoms. The average molecular weight is 128 g/mol. The first-order valence-corrected chi connectivity index (χ1v) is 2.78. The summed E-state index contributed by atoms with van der Waals surface area (Å²) in [5, 5.41) is 0. The Morgan fingerprint density at radius 1 is 1.78 bits per heavy atom. The van der Waals surface area contributed by atoms with Gasteiger partial charge in [-0.1, -0.05) is 0 Å². The molecule has 0 bridgehead atoms. The molecule has 0 saturated heterocycles. The van der Waals surface area contributed by atoms with Gasteiger partial charge in [0.15, 0.2) is 0 Å². The van der Waals surface area contributed by atoms with Gasteiger partial charge in [0.2, 0.25) is 5.76 Å². The Morgan fingerprint density at radius 2 is 2.33 bits per heavy atom. The molecule has 0 aromatic heterocycles. The number of ether oxygens (including phenoxy) is 2. The van der Waals surface area contributed by atoms with Gasteiger partial charge in [-0.05, 0) is 13.8 Å². The molecule has 0 amide bonds. The first kappa shape index (κ1) is 6.13. The first-order valence-electron chi connectivity index (χ1n) is 2.78. The van der Waals surface area contributed by atoms with Crippen LogP contribution in [0.15, 0.2) is 12.0 Å². The van der Waals surface area contributed by atoms with Crippen molar-refractivity contribution in [1.82, 2.24) is 0 Å². The fourth-order valence-electron chi connectivity index (χ4n) is 0.398. The Morgan fingerprint density at radius 3 is 2.67 bits per heavy atom. The van der Waals surface area contributed by atoms with Crippen LogP contribution in [0.1, 0.15) is 13.8 Å². The number of hydrogen-bond donors (Lipinski definition) is 0. The van der Waals surface area contributed by atoms with Crippen molar-refractivity contribution < 1.29 is 14.3 Å². The van der Waals surface area contributed by atoms with E-state index in [4.69, 9.17) is 4.74 Å². The topological polar surface area (TPSA) is 38.8 Å². The Balaban J connectivity index is 2.26. The van der Waals surface area contributed by atoms with Crippen LogP contribution >= 0.6 is 0 Å². The van der Waals surface area contributed by atoms with Crippen molar-refractivity contribution in [2.24, 2.45) is 0 Å². The lowest BCUT2D eigenvalue weighted by Gasteiger charge is -2.02. The Bertz CT molecular complexity index is 158. The van der Waals surface area contributed by atoms with E-state index < -0.39 is 0 Å². The highest BCUT2D eigenvalue weighted by molar-refractivity contribution is 5.88. The summed E-state index contributed by atoms with van der Waals surface area (Å²) >= 11 is 0. The molecule has 1 rings (SSSR count). The normalized spacial score (nSPS) is 14.3. The van der Waals surface area contributed by atoms with Crippen LogP contribution in [0.4, 0.5) is 0 Å². The molecule has 0 unspecified atom stereocenters. The monoisotopic (exact) mass is 128 g/mol. The lowest BCUT2D eigenvalue weighted by molar-refractivity contribution is -0.143. The maximum atomic E-state index is 10.6. The minimum atomic E-state index is -0.370. The van der Waals surface area contributed by atoms with Crippen molar-refractivity contribution in [1.29, 1.82) is 0 Å². The summed E-state index contributed by atoms with van der Waals surface area (Å²) in [7, 11) is 0. The zero-order valence-electron chi connectivity index (χ0n) is 5.38. The molecule has 9 heavy (non-hydrogen) atoms. The van der Waals surface area contributed by atoms with E-state index in [1.807, 2.05) is 0 Å². The summed E-state index contributed by atoms with van der Waals surface area (Å²) in [5.41, 5.74) is 0. The lowest BCUT2D eigenvalue weighted by Crippen LogP contribution is -2.09. The van der Waals surface area contributed by atoms with E-state index in [1.54, 1.807) is 13.8 Å². The molecule has 3 nitrogen and oxygen atoms in total. The SMILES string of the molecule is CC(C)OC(=O)C1=CO1. The molecule has 0 aliphatic carbocycles. The fraction of sp³-hybridized carbons (Fsp3) is 0.500. The van der Waals surface area contributed by atoms with Crippen LogP contribution < -0.4 is 0 Å². The number of carbonyl (C=O) groups excluding carboxylic acids is 1. The summed E-state index contributed by atoms with van der Waals surface area (Å²) in [6.45, 7) is 3.58. The molecule has 0 fully saturated rings. The third-order valence-electron chi connectivity index (χ3n) is 0.780. The Hall–Kier alpha value is -0.990. The Kier molecular flexibility index (Phi) is 1.42. The summed E-state index contributed by atoms with van der Waals surface area (Å²) < 4.78 is 9.23. The van der Waals surface area contributed by atoms with E-state index in [2.05, 4.69) is 4.74 Å². The van der Waals surface area contributed by atoms with Crippen LogP contribution in [0.2, 0.25) is 0 Å². The highest BCUT2D eigenvalue weighted by atomic mass is 16.6. The second kappa shape index (κ2) is 2.09. The molecular weight excluding hydrogens is 120 g/mol. The van der Waals surface area contributed by atoms with Crippen LogP contribution in [0.3, 0.4) is 0 Å². The molecular formula is C6H8O3. The zero-order chi connectivity index (χ0) is 6.85. The second-order valence-electron chi connectivity index (χ2n) is 2.05. The van der Waals surface area contributed by atoms with E-state index in [1.165, 1.54) is 6.26 Å². The van der Waals surface area contributed by atoms with Crippen LogP contribution in [-0.2, 0) is 14.3 Å². The highest BCUT2D eigenvalue weighted by Gasteiger charge is 2.22. The van der Waals surface area contributed by atoms with Gasteiger partial charge in [-0.25, -0.2) is 4.79 Å². The third kappa shape index (κ3) is 1.76. The quantitative estimate of drug-likeness (QED) is 0.516. The molecule has 0 N–H and O–H groups in total. The first-order chi connectivity index (χ1) is 4.20. The van der Waals surface area contributed by atoms with Gasteiger partial charge in [0.1, 0.15) is 6.26 Å². The minimum absolute atomic E-state index is 0.0670. The van der Waals surface area contributed by atoms with Gasteiger partial charge in [-0.15, -0.1) is 0 Å². The molecule has 1 heterocycles. The standard InChI is InChI=1S/C6H8O3/c1-4(2)9-6(7)5-3-8-5/h3-4H,1-2H3. The summed E-state index contributed by atoms with van der Waals surface area (Å²) in [6.07, 6.45) is 1.30. The van der Waals surface area contributed by atoms with Crippen LogP contribution in [-0.4, -0.2) is 12.1 Å². The average Bonchev–Trinajstić information content (AvgIpc) is 2.40. The van der Waals surface area contributed by atoms with E-state index in [-0.39, 0.29) is 12.1 Å². The van der Waals surface area contributed by atoms with Gasteiger partial charge < -0.3 is 9.47 Å². The third-order valence-corrected chi connectivity index (χ3v) is 0.780. The number of esters is 1. The van der Waals surface area contributed by atoms with Crippen LogP contribution in [0, 0.1) is 0 Å². The van der Waals surface area contributed by atoms with E-state index in [0.717, 1.165) is 0 Å². The smallest absolute Gasteiger partial charge is 0.377 e. The maximum Gasteiger partial charge on any atom is 0.377 e. The maximum absolute atomic E-state index is 10.6. The molecule has 1 aliphatic rings. The summed E-state index contributed by atoms with van der Waals surface area (Å²) in [6, 6.07) is 0. The molecule has 3 heteroatoms. The van der Waals surface area contributed by atoms with Gasteiger partial charge >= 0.3 is 5.97 Å². The van der Waals surface area contributed by atoms with Crippen molar-refractivity contribution in [2.45, 2.75) is 20.0 Å². The minimum Gasteiger partial charge on any atom is -0.457 e. The van der Waals surface area contributed by atoms with Crippen LogP contribution in [0.5, 0.6) is 0 Å². The number of rotatable bonds is 2. The molecule has 1 aliphatic heterocycles. The second-order valence-corrected chi connectivity index (χ2v) is 2.05. The van der Waals surface area contributed by atoms with Gasteiger partial charge in [0.25, 0.3) is 0 Å². The van der Waals surface area contributed by atoms with Crippen molar-refractivity contribution in [2.75, 3.05) is 0 Å². The van der Waals surface area contributed by atoms with Gasteiger partial charge in [-0.3, -0.25) is 0 Å². The molecule has 0 radical (unpaired) electrons. The predicted molar refractivity (Wildman–Crippen MR) is 30.4 cm³/mol. The molecule has 50 valence electrons. The van der Waals surface area contributed by atoms with Gasteiger partial charge in [0, 0.05) is 0 Å². The van der Waals surface area contributed by atoms with E-state index in [9.17, 15) is 4.79 Å². The largest absolute Gasteiger partial charge is 0.457 e. The zero-order valence-corrected chi connectivity index (χ0v) is 5.38. The molecule has 0 aromatic rings. The molecule has 0 atom stereocenters.